The molecule has 0 saturated heterocycles. The highest BCUT2D eigenvalue weighted by Crippen LogP contribution is 2.29. The van der Waals surface area contributed by atoms with Gasteiger partial charge in [0, 0.05) is 0 Å². The Morgan fingerprint density at radius 2 is 0.909 bits per heavy atom. The van der Waals surface area contributed by atoms with Gasteiger partial charge in [-0.05, 0) is 59.4 Å². The summed E-state index contributed by atoms with van der Waals surface area (Å²) >= 11 is 0. The maximum atomic E-state index is 2.29. The Bertz CT molecular complexity index is 1410. The summed E-state index contributed by atoms with van der Waals surface area (Å²) in [6, 6.07) is 43.6. The highest BCUT2D eigenvalue weighted by atomic mass is 14.1. The minimum Gasteiger partial charge on any atom is -0.0808 e. The molecule has 157 valence electrons. The summed E-state index contributed by atoms with van der Waals surface area (Å²) in [5.41, 5.74) is 12.5. The van der Waals surface area contributed by atoms with E-state index in [1.54, 1.807) is 0 Å². The zero-order valence-electron chi connectivity index (χ0n) is 19.1. The third-order valence-corrected chi connectivity index (χ3v) is 6.14. The molecule has 0 aliphatic carbocycles. The highest BCUT2D eigenvalue weighted by Gasteiger charge is 2.07. The van der Waals surface area contributed by atoms with E-state index in [-0.39, 0.29) is 0 Å². The Labute approximate surface area is 197 Å². The average Bonchev–Trinajstić information content (AvgIpc) is 2.86. The molecule has 0 atom stereocenters. The topological polar surface area (TPSA) is 0 Å². The lowest BCUT2D eigenvalue weighted by atomic mass is 9.62. The van der Waals surface area contributed by atoms with Gasteiger partial charge in [-0.25, -0.2) is 0 Å². The van der Waals surface area contributed by atoms with Crippen molar-refractivity contribution in [3.05, 3.63) is 132 Å². The van der Waals surface area contributed by atoms with Crippen LogP contribution in [-0.2, 0) is 0 Å². The second kappa shape index (κ2) is 9.34. The van der Waals surface area contributed by atoms with Crippen molar-refractivity contribution in [1.29, 1.82) is 0 Å². The van der Waals surface area contributed by atoms with Crippen LogP contribution in [0.5, 0.6) is 0 Å². The van der Waals surface area contributed by atoms with E-state index in [4.69, 9.17) is 0 Å². The number of hydrogen-bond acceptors (Lipinski definition) is 0. The van der Waals surface area contributed by atoms with Crippen LogP contribution in [0.3, 0.4) is 0 Å². The first-order valence-corrected chi connectivity index (χ1v) is 11.4. The van der Waals surface area contributed by atoms with Gasteiger partial charge in [-0.15, -0.1) is 0 Å². The van der Waals surface area contributed by atoms with E-state index in [1.807, 2.05) is 0 Å². The van der Waals surface area contributed by atoms with Crippen molar-refractivity contribution in [2.75, 3.05) is 0 Å². The van der Waals surface area contributed by atoms with Gasteiger partial charge in [-0.2, -0.15) is 0 Å². The molecular weight excluding hydrogens is 395 g/mol. The highest BCUT2D eigenvalue weighted by molar-refractivity contribution is 6.67. The van der Waals surface area contributed by atoms with Gasteiger partial charge in [-0.1, -0.05) is 131 Å². The first-order chi connectivity index (χ1) is 16.2. The van der Waals surface area contributed by atoms with Crippen molar-refractivity contribution in [3.8, 4) is 33.4 Å². The van der Waals surface area contributed by atoms with Crippen LogP contribution in [0, 0.1) is 13.8 Å². The van der Waals surface area contributed by atoms with Crippen LogP contribution in [0.4, 0.5) is 0 Å². The average molecular weight is 421 g/mol. The van der Waals surface area contributed by atoms with Crippen LogP contribution >= 0.6 is 0 Å². The molecule has 0 amide bonds. The zero-order valence-corrected chi connectivity index (χ0v) is 19.1. The summed E-state index contributed by atoms with van der Waals surface area (Å²) in [4.78, 5) is 0. The van der Waals surface area contributed by atoms with Crippen LogP contribution in [0.1, 0.15) is 11.1 Å². The second-order valence-electron chi connectivity index (χ2n) is 8.66. The molecule has 0 bridgehead atoms. The molecule has 1 heteroatoms. The molecule has 0 unspecified atom stereocenters. The molecule has 0 fully saturated rings. The van der Waals surface area contributed by atoms with Gasteiger partial charge in [0.25, 0.3) is 0 Å². The molecule has 33 heavy (non-hydrogen) atoms. The van der Waals surface area contributed by atoms with E-state index >= 15 is 0 Å². The first-order valence-electron chi connectivity index (χ1n) is 11.4. The van der Waals surface area contributed by atoms with E-state index in [0.29, 0.717) is 0 Å². The molecule has 1 radical (unpaired) electrons. The Kier molecular flexibility index (Phi) is 5.96. The van der Waals surface area contributed by atoms with E-state index in [0.717, 1.165) is 0 Å². The molecule has 0 nitrogen and oxygen atoms in total. The number of aryl methyl sites for hydroxylation is 2. The Balaban J connectivity index is 1.46. The molecule has 0 spiro atoms. The van der Waals surface area contributed by atoms with Crippen molar-refractivity contribution in [2.45, 2.75) is 13.8 Å². The minimum atomic E-state index is 1.22. The van der Waals surface area contributed by atoms with Crippen LogP contribution in [0.25, 0.3) is 33.4 Å². The van der Waals surface area contributed by atoms with Gasteiger partial charge in [0.1, 0.15) is 0 Å². The fourth-order valence-electron chi connectivity index (χ4n) is 4.32. The Morgan fingerprint density at radius 3 is 1.48 bits per heavy atom. The van der Waals surface area contributed by atoms with E-state index in [1.165, 1.54) is 55.4 Å². The molecule has 0 aliphatic heterocycles. The van der Waals surface area contributed by atoms with E-state index in [2.05, 4.69) is 142 Å². The van der Waals surface area contributed by atoms with Crippen LogP contribution in [0.15, 0.2) is 121 Å². The number of hydrogen-bond donors (Lipinski definition) is 0. The molecule has 5 aromatic carbocycles. The van der Waals surface area contributed by atoms with Gasteiger partial charge in [0.15, 0.2) is 7.28 Å². The predicted molar refractivity (Wildman–Crippen MR) is 144 cm³/mol. The van der Waals surface area contributed by atoms with Gasteiger partial charge in [0.2, 0.25) is 0 Å². The summed E-state index contributed by atoms with van der Waals surface area (Å²) < 4.78 is 0. The molecule has 5 aromatic rings. The third kappa shape index (κ3) is 4.83. The van der Waals surface area contributed by atoms with Crippen LogP contribution in [0.2, 0.25) is 0 Å². The molecule has 0 aromatic heterocycles. The quantitative estimate of drug-likeness (QED) is 0.269. The molecule has 0 heterocycles. The predicted octanol–water partition coefficient (Wildman–Crippen LogP) is 6.96. The molecule has 0 aliphatic rings. The zero-order chi connectivity index (χ0) is 22.6. The standard InChI is InChI=1S/C32H26B/c1-23-9-5-11-25(19-23)26-12-6-13-27(20-26)28-14-7-15-29(21-28)30-16-8-17-31(22-30)33-32-18-4-3-10-24(32)2/h3-22H,1-2H3. The summed E-state index contributed by atoms with van der Waals surface area (Å²) in [6.07, 6.45) is 0. The fraction of sp³-hybridized carbons (Fsp3) is 0.0625. The van der Waals surface area contributed by atoms with Gasteiger partial charge < -0.3 is 0 Å². The van der Waals surface area contributed by atoms with Crippen LogP contribution in [-0.4, -0.2) is 7.28 Å². The van der Waals surface area contributed by atoms with E-state index in [9.17, 15) is 0 Å². The summed E-state index contributed by atoms with van der Waals surface area (Å²) in [5.74, 6) is 0. The number of benzene rings is 5. The lowest BCUT2D eigenvalue weighted by Crippen LogP contribution is -2.28. The van der Waals surface area contributed by atoms with Gasteiger partial charge in [0.05, 0.1) is 0 Å². The fourth-order valence-corrected chi connectivity index (χ4v) is 4.32. The number of rotatable bonds is 5. The monoisotopic (exact) mass is 421 g/mol. The SMILES string of the molecule is Cc1cccc(-c2cccc(-c3cccc(-c4cccc([B]c5ccccc5C)c4)c3)c2)c1. The van der Waals surface area contributed by atoms with Gasteiger partial charge in [-0.3, -0.25) is 0 Å². The molecule has 5 rings (SSSR count). The van der Waals surface area contributed by atoms with Gasteiger partial charge >= 0.3 is 0 Å². The molecule has 0 saturated carbocycles. The molecule has 0 N–H and O–H groups in total. The lowest BCUT2D eigenvalue weighted by Gasteiger charge is -2.10. The first kappa shape index (κ1) is 21.0. The summed E-state index contributed by atoms with van der Waals surface area (Å²) in [6.45, 7) is 4.30. The van der Waals surface area contributed by atoms with Crippen molar-refractivity contribution in [3.63, 3.8) is 0 Å². The molecular formula is C32H26B. The van der Waals surface area contributed by atoms with E-state index < -0.39 is 0 Å². The smallest absolute Gasteiger partial charge is 0.0808 e. The Hall–Kier alpha value is -3.84. The minimum absolute atomic E-state index is 1.22. The van der Waals surface area contributed by atoms with Crippen molar-refractivity contribution in [2.24, 2.45) is 0 Å². The second-order valence-corrected chi connectivity index (χ2v) is 8.66. The third-order valence-electron chi connectivity index (χ3n) is 6.14. The summed E-state index contributed by atoms with van der Waals surface area (Å²) in [7, 11) is 2.26. The summed E-state index contributed by atoms with van der Waals surface area (Å²) in [5, 5.41) is 0. The van der Waals surface area contributed by atoms with Crippen molar-refractivity contribution in [1.82, 2.24) is 0 Å². The van der Waals surface area contributed by atoms with Crippen LogP contribution < -0.4 is 10.9 Å². The normalized spacial score (nSPS) is 10.7. The lowest BCUT2D eigenvalue weighted by molar-refractivity contribution is 1.47. The Morgan fingerprint density at radius 1 is 0.424 bits per heavy atom. The maximum absolute atomic E-state index is 2.29. The largest absolute Gasteiger partial charge is 0.191 e. The maximum Gasteiger partial charge on any atom is 0.191 e. The van der Waals surface area contributed by atoms with Crippen molar-refractivity contribution >= 4 is 18.2 Å². The van der Waals surface area contributed by atoms with Crippen molar-refractivity contribution < 1.29 is 0 Å².